The molecular weight excluding hydrogens is 503 g/mol. The summed E-state index contributed by atoms with van der Waals surface area (Å²) in [4.78, 5) is 6.88. The maximum absolute atomic E-state index is 5.79. The Hall–Kier alpha value is -1.84. The van der Waals surface area contributed by atoms with Gasteiger partial charge in [-0.2, -0.15) is 0 Å². The molecule has 0 radical (unpaired) electrons. The summed E-state index contributed by atoms with van der Waals surface area (Å²) in [7, 11) is 3.50. The number of para-hydroxylation sites is 1. The molecule has 0 aliphatic carbocycles. The Morgan fingerprint density at radius 2 is 1.77 bits per heavy atom. The number of hydrogen-bond acceptors (Lipinski definition) is 4. The highest BCUT2D eigenvalue weighted by Gasteiger charge is 2.19. The highest BCUT2D eigenvalue weighted by Crippen LogP contribution is 2.18. The van der Waals surface area contributed by atoms with Crippen molar-refractivity contribution in [2.24, 2.45) is 4.99 Å². The Balaban J connectivity index is 0.00000341. The van der Waals surface area contributed by atoms with Gasteiger partial charge in [0.05, 0.1) is 20.3 Å². The van der Waals surface area contributed by atoms with Gasteiger partial charge >= 0.3 is 0 Å². The fourth-order valence-corrected chi connectivity index (χ4v) is 3.71. The van der Waals surface area contributed by atoms with Crippen molar-refractivity contribution in [2.45, 2.75) is 32.0 Å². The lowest BCUT2D eigenvalue weighted by molar-refractivity contribution is 0.123. The van der Waals surface area contributed by atoms with E-state index in [1.54, 1.807) is 7.11 Å². The number of nitrogens with one attached hydrogen (secondary N) is 2. The largest absolute Gasteiger partial charge is 0.496 e. The first kappa shape index (κ1) is 25.4. The molecule has 31 heavy (non-hydrogen) atoms. The molecule has 1 heterocycles. The van der Waals surface area contributed by atoms with Crippen molar-refractivity contribution in [1.82, 2.24) is 15.5 Å². The Kier molecular flexibility index (Phi) is 11.7. The third-order valence-electron chi connectivity index (χ3n) is 5.39. The average molecular weight is 538 g/mol. The van der Waals surface area contributed by atoms with Crippen LogP contribution in [0.25, 0.3) is 0 Å². The molecule has 0 unspecified atom stereocenters. The molecule has 2 aromatic rings. The zero-order valence-corrected chi connectivity index (χ0v) is 20.9. The highest BCUT2D eigenvalue weighted by molar-refractivity contribution is 14.0. The summed E-state index contributed by atoms with van der Waals surface area (Å²) in [5.74, 6) is 1.71. The molecule has 7 heteroatoms. The van der Waals surface area contributed by atoms with Crippen molar-refractivity contribution >= 4 is 29.9 Å². The Morgan fingerprint density at radius 3 is 2.48 bits per heavy atom. The van der Waals surface area contributed by atoms with Crippen LogP contribution in [0, 0.1) is 0 Å². The van der Waals surface area contributed by atoms with Crippen molar-refractivity contribution < 1.29 is 9.47 Å². The first-order valence-corrected chi connectivity index (χ1v) is 10.7. The number of aliphatic imine (C=N–C) groups is 1. The zero-order valence-electron chi connectivity index (χ0n) is 18.5. The lowest BCUT2D eigenvalue weighted by atomic mass is 10.0. The van der Waals surface area contributed by atoms with E-state index in [0.717, 1.165) is 49.7 Å². The number of hydrogen-bond donors (Lipinski definition) is 2. The molecule has 1 fully saturated rings. The number of halogens is 1. The maximum Gasteiger partial charge on any atom is 0.191 e. The van der Waals surface area contributed by atoms with Gasteiger partial charge in [-0.05, 0) is 24.5 Å². The van der Waals surface area contributed by atoms with Crippen LogP contribution >= 0.6 is 24.0 Å². The number of ether oxygens (including phenoxy) is 2. The first-order chi connectivity index (χ1) is 14.8. The smallest absolute Gasteiger partial charge is 0.191 e. The summed E-state index contributed by atoms with van der Waals surface area (Å²) in [6.45, 7) is 5.09. The molecule has 6 nitrogen and oxygen atoms in total. The lowest BCUT2D eigenvalue weighted by Gasteiger charge is -2.33. The number of methoxy groups -OCH3 is 1. The minimum atomic E-state index is 0. The summed E-state index contributed by atoms with van der Waals surface area (Å²) in [6.07, 6.45) is 2.25. The molecule has 1 aliphatic rings. The van der Waals surface area contributed by atoms with E-state index >= 15 is 0 Å². The van der Waals surface area contributed by atoms with Gasteiger partial charge < -0.3 is 20.1 Å². The number of likely N-dealkylation sites (tertiary alicyclic amines) is 1. The summed E-state index contributed by atoms with van der Waals surface area (Å²) in [6, 6.07) is 19.1. The van der Waals surface area contributed by atoms with Crippen molar-refractivity contribution in [3.8, 4) is 5.75 Å². The number of guanidine groups is 1. The van der Waals surface area contributed by atoms with Crippen molar-refractivity contribution in [3.05, 3.63) is 65.7 Å². The van der Waals surface area contributed by atoms with Crippen molar-refractivity contribution in [3.63, 3.8) is 0 Å². The predicted molar refractivity (Wildman–Crippen MR) is 137 cm³/mol. The Bertz CT molecular complexity index is 780. The summed E-state index contributed by atoms with van der Waals surface area (Å²) >= 11 is 0. The van der Waals surface area contributed by atoms with E-state index in [-0.39, 0.29) is 24.0 Å². The molecule has 0 spiro atoms. The van der Waals surface area contributed by atoms with Crippen LogP contribution < -0.4 is 15.4 Å². The van der Waals surface area contributed by atoms with Gasteiger partial charge in [-0.25, -0.2) is 0 Å². The monoisotopic (exact) mass is 538 g/mol. The second-order valence-electron chi connectivity index (χ2n) is 7.54. The molecule has 0 bridgehead atoms. The fourth-order valence-electron chi connectivity index (χ4n) is 3.71. The highest BCUT2D eigenvalue weighted by atomic mass is 127. The van der Waals surface area contributed by atoms with E-state index in [1.165, 1.54) is 5.56 Å². The standard InChI is InChI=1S/C24H34N4O2.HI/c1-25-24(26-14-17-30-19-21-10-6-7-11-23(21)29-2)27-22-12-15-28(16-13-22)18-20-8-4-3-5-9-20;/h3-11,22H,12-19H2,1-2H3,(H2,25,26,27);1H. The number of benzene rings is 2. The van der Waals surface area contributed by atoms with Gasteiger partial charge in [0.25, 0.3) is 0 Å². The van der Waals surface area contributed by atoms with Crippen molar-refractivity contribution in [2.75, 3.05) is 40.4 Å². The Labute approximate surface area is 203 Å². The van der Waals surface area contributed by atoms with Crippen LogP contribution in [0.4, 0.5) is 0 Å². The van der Waals surface area contributed by atoms with Crippen LogP contribution in [0.2, 0.25) is 0 Å². The van der Waals surface area contributed by atoms with Gasteiger partial charge in [-0.1, -0.05) is 48.5 Å². The van der Waals surface area contributed by atoms with E-state index in [2.05, 4.69) is 50.9 Å². The van der Waals surface area contributed by atoms with Gasteiger partial charge in [0, 0.05) is 44.8 Å². The van der Waals surface area contributed by atoms with Crippen LogP contribution in [0.15, 0.2) is 59.6 Å². The molecule has 0 amide bonds. The van der Waals surface area contributed by atoms with Gasteiger partial charge in [-0.15, -0.1) is 24.0 Å². The zero-order chi connectivity index (χ0) is 21.0. The number of nitrogens with zero attached hydrogens (tertiary/aromatic N) is 2. The van der Waals surface area contributed by atoms with Crippen LogP contribution in [-0.2, 0) is 17.9 Å². The van der Waals surface area contributed by atoms with Crippen LogP contribution in [-0.4, -0.2) is 57.3 Å². The maximum atomic E-state index is 5.79. The number of rotatable bonds is 9. The normalized spacial score (nSPS) is 15.2. The minimum Gasteiger partial charge on any atom is -0.496 e. The second-order valence-corrected chi connectivity index (χ2v) is 7.54. The quantitative estimate of drug-likeness (QED) is 0.221. The number of piperidine rings is 1. The third kappa shape index (κ3) is 8.66. The van der Waals surface area contributed by atoms with E-state index in [9.17, 15) is 0 Å². The topological polar surface area (TPSA) is 58.1 Å². The van der Waals surface area contributed by atoms with Crippen LogP contribution in [0.3, 0.4) is 0 Å². The van der Waals surface area contributed by atoms with Gasteiger partial charge in [0.15, 0.2) is 5.96 Å². The molecule has 0 aromatic heterocycles. The lowest BCUT2D eigenvalue weighted by Crippen LogP contribution is -2.49. The second kappa shape index (κ2) is 14.3. The van der Waals surface area contributed by atoms with Gasteiger partial charge in [0.2, 0.25) is 0 Å². The third-order valence-corrected chi connectivity index (χ3v) is 5.39. The van der Waals surface area contributed by atoms with Gasteiger partial charge in [-0.3, -0.25) is 9.89 Å². The molecule has 1 aliphatic heterocycles. The molecule has 0 saturated carbocycles. The van der Waals surface area contributed by atoms with Crippen LogP contribution in [0.5, 0.6) is 5.75 Å². The predicted octanol–water partition coefficient (Wildman–Crippen LogP) is 3.66. The van der Waals surface area contributed by atoms with E-state index in [0.29, 0.717) is 25.8 Å². The van der Waals surface area contributed by atoms with Crippen molar-refractivity contribution in [1.29, 1.82) is 0 Å². The molecule has 0 atom stereocenters. The first-order valence-electron chi connectivity index (χ1n) is 10.7. The SMILES string of the molecule is CN=C(NCCOCc1ccccc1OC)NC1CCN(Cc2ccccc2)CC1.I. The molecule has 2 N–H and O–H groups in total. The van der Waals surface area contributed by atoms with Crippen LogP contribution in [0.1, 0.15) is 24.0 Å². The molecule has 3 rings (SSSR count). The molecular formula is C24H35IN4O2. The average Bonchev–Trinajstić information content (AvgIpc) is 2.80. The van der Waals surface area contributed by atoms with E-state index < -0.39 is 0 Å². The fraction of sp³-hybridized carbons (Fsp3) is 0.458. The summed E-state index contributed by atoms with van der Waals surface area (Å²) < 4.78 is 11.1. The molecule has 2 aromatic carbocycles. The molecule has 1 saturated heterocycles. The minimum absolute atomic E-state index is 0. The summed E-state index contributed by atoms with van der Waals surface area (Å²) in [5, 5.41) is 6.91. The summed E-state index contributed by atoms with van der Waals surface area (Å²) in [5.41, 5.74) is 2.44. The molecule has 170 valence electrons. The Morgan fingerprint density at radius 1 is 1.06 bits per heavy atom. The van der Waals surface area contributed by atoms with E-state index in [1.807, 2.05) is 31.3 Å². The van der Waals surface area contributed by atoms with Gasteiger partial charge in [0.1, 0.15) is 5.75 Å². The van der Waals surface area contributed by atoms with E-state index in [4.69, 9.17) is 9.47 Å².